The van der Waals surface area contributed by atoms with Gasteiger partial charge in [-0.25, -0.2) is 0 Å². The van der Waals surface area contributed by atoms with E-state index < -0.39 is 0 Å². The van der Waals surface area contributed by atoms with Crippen LogP contribution in [0.25, 0.3) is 0 Å². The molecule has 90 valence electrons. The number of nitrogens with zero attached hydrogens (tertiary/aromatic N) is 2. The molecule has 1 N–H and O–H groups in total. The third-order valence-corrected chi connectivity index (χ3v) is 4.25. The number of rotatable bonds is 4. The van der Waals surface area contributed by atoms with Crippen molar-refractivity contribution in [1.29, 1.82) is 0 Å². The fourth-order valence-corrected chi connectivity index (χ4v) is 3.03. The quantitative estimate of drug-likeness (QED) is 0.924. The first-order valence-electron chi connectivity index (χ1n) is 5.46. The summed E-state index contributed by atoms with van der Waals surface area (Å²) in [6, 6.07) is 0.0277. The van der Waals surface area contributed by atoms with E-state index >= 15 is 0 Å². The highest BCUT2D eigenvalue weighted by molar-refractivity contribution is 7.10. The van der Waals surface area contributed by atoms with Crippen molar-refractivity contribution < 1.29 is 0 Å². The van der Waals surface area contributed by atoms with Crippen molar-refractivity contribution in [3.05, 3.63) is 45.1 Å². The Bertz CT molecular complexity index is 484. The van der Waals surface area contributed by atoms with Gasteiger partial charge in [0.15, 0.2) is 0 Å². The summed E-state index contributed by atoms with van der Waals surface area (Å²) < 4.78 is 0. The summed E-state index contributed by atoms with van der Waals surface area (Å²) >= 11 is 7.97. The van der Waals surface area contributed by atoms with Gasteiger partial charge in [-0.1, -0.05) is 18.5 Å². The maximum absolute atomic E-state index is 6.31. The minimum Gasteiger partial charge on any atom is -0.304 e. The van der Waals surface area contributed by atoms with Crippen LogP contribution in [0.5, 0.6) is 0 Å². The molecular formula is C12H14ClN3S. The van der Waals surface area contributed by atoms with Gasteiger partial charge in [-0.15, -0.1) is 11.3 Å². The SMILES string of the molecule is CCNC(c1cnccn1)c1scc(C)c1Cl. The highest BCUT2D eigenvalue weighted by atomic mass is 35.5. The molecule has 0 aliphatic rings. The lowest BCUT2D eigenvalue weighted by atomic mass is 10.1. The molecule has 2 aromatic heterocycles. The second-order valence-corrected chi connectivity index (χ2v) is 5.01. The van der Waals surface area contributed by atoms with E-state index in [2.05, 4.69) is 27.6 Å². The maximum atomic E-state index is 6.31. The van der Waals surface area contributed by atoms with Crippen molar-refractivity contribution >= 4 is 22.9 Å². The molecule has 1 atom stereocenters. The van der Waals surface area contributed by atoms with Crippen molar-refractivity contribution in [2.24, 2.45) is 0 Å². The molecule has 1 unspecified atom stereocenters. The monoisotopic (exact) mass is 267 g/mol. The summed E-state index contributed by atoms with van der Waals surface area (Å²) in [7, 11) is 0. The molecule has 0 aromatic carbocycles. The van der Waals surface area contributed by atoms with Gasteiger partial charge in [0.2, 0.25) is 0 Å². The highest BCUT2D eigenvalue weighted by Crippen LogP contribution is 2.34. The van der Waals surface area contributed by atoms with Gasteiger partial charge >= 0.3 is 0 Å². The van der Waals surface area contributed by atoms with E-state index in [1.165, 1.54) is 0 Å². The Kier molecular flexibility index (Phi) is 4.10. The molecule has 0 amide bonds. The van der Waals surface area contributed by atoms with Gasteiger partial charge in [0, 0.05) is 17.3 Å². The lowest BCUT2D eigenvalue weighted by Gasteiger charge is -2.16. The van der Waals surface area contributed by atoms with Gasteiger partial charge in [0.05, 0.1) is 23.0 Å². The molecule has 0 aliphatic carbocycles. The minimum absolute atomic E-state index is 0.0277. The standard InChI is InChI=1S/C12H14ClN3S/c1-3-15-11(9-6-14-4-5-16-9)12-10(13)8(2)7-17-12/h4-7,11,15H,3H2,1-2H3. The Hall–Kier alpha value is -0.970. The van der Waals surface area contributed by atoms with E-state index in [4.69, 9.17) is 11.6 Å². The van der Waals surface area contributed by atoms with Crippen LogP contribution in [-0.2, 0) is 0 Å². The second-order valence-electron chi connectivity index (χ2n) is 3.72. The Labute approximate surface area is 110 Å². The van der Waals surface area contributed by atoms with Crippen LogP contribution in [0.15, 0.2) is 24.0 Å². The number of nitrogens with one attached hydrogen (secondary N) is 1. The highest BCUT2D eigenvalue weighted by Gasteiger charge is 2.20. The molecule has 0 saturated carbocycles. The Balaban J connectivity index is 2.39. The molecule has 2 aromatic rings. The van der Waals surface area contributed by atoms with Gasteiger partial charge < -0.3 is 5.32 Å². The predicted octanol–water partition coefficient (Wildman–Crippen LogP) is 3.20. The van der Waals surface area contributed by atoms with Crippen LogP contribution in [0.4, 0.5) is 0 Å². The topological polar surface area (TPSA) is 37.8 Å². The molecule has 3 nitrogen and oxygen atoms in total. The number of halogens is 1. The number of thiophene rings is 1. The second kappa shape index (κ2) is 5.58. The van der Waals surface area contributed by atoms with Crippen LogP contribution in [-0.4, -0.2) is 16.5 Å². The fraction of sp³-hybridized carbons (Fsp3) is 0.333. The first-order chi connectivity index (χ1) is 8.24. The Morgan fingerprint density at radius 1 is 1.47 bits per heavy atom. The van der Waals surface area contributed by atoms with Gasteiger partial charge in [0.25, 0.3) is 0 Å². The van der Waals surface area contributed by atoms with Crippen molar-refractivity contribution in [2.45, 2.75) is 19.9 Å². The summed E-state index contributed by atoms with van der Waals surface area (Å²) in [4.78, 5) is 9.56. The number of aromatic nitrogens is 2. The summed E-state index contributed by atoms with van der Waals surface area (Å²) in [6.45, 7) is 4.94. The lowest BCUT2D eigenvalue weighted by molar-refractivity contribution is 0.621. The summed E-state index contributed by atoms with van der Waals surface area (Å²) in [5.74, 6) is 0. The third-order valence-electron chi connectivity index (χ3n) is 2.47. The average molecular weight is 268 g/mol. The molecule has 5 heteroatoms. The Morgan fingerprint density at radius 3 is 2.82 bits per heavy atom. The van der Waals surface area contributed by atoms with Crippen molar-refractivity contribution in [2.75, 3.05) is 6.54 Å². The predicted molar refractivity (Wildman–Crippen MR) is 71.6 cm³/mol. The molecule has 0 saturated heterocycles. The zero-order valence-electron chi connectivity index (χ0n) is 9.77. The molecule has 0 spiro atoms. The van der Waals surface area contributed by atoms with Crippen molar-refractivity contribution in [1.82, 2.24) is 15.3 Å². The third kappa shape index (κ3) is 2.65. The van der Waals surface area contributed by atoms with Crippen LogP contribution in [0, 0.1) is 6.92 Å². The summed E-state index contributed by atoms with van der Waals surface area (Å²) in [5, 5.41) is 6.29. The number of aryl methyl sites for hydroxylation is 1. The normalized spacial score (nSPS) is 12.6. The van der Waals surface area contributed by atoms with Gasteiger partial charge in [0.1, 0.15) is 0 Å². The van der Waals surface area contributed by atoms with Crippen LogP contribution in [0.3, 0.4) is 0 Å². The Morgan fingerprint density at radius 2 is 2.29 bits per heavy atom. The largest absolute Gasteiger partial charge is 0.304 e. The number of hydrogen-bond donors (Lipinski definition) is 1. The van der Waals surface area contributed by atoms with E-state index in [0.717, 1.165) is 27.7 Å². The molecule has 2 rings (SSSR count). The van der Waals surface area contributed by atoms with E-state index in [1.807, 2.05) is 6.92 Å². The van der Waals surface area contributed by atoms with E-state index in [-0.39, 0.29) is 6.04 Å². The molecular weight excluding hydrogens is 254 g/mol. The molecule has 17 heavy (non-hydrogen) atoms. The van der Waals surface area contributed by atoms with Gasteiger partial charge in [-0.3, -0.25) is 9.97 Å². The van der Waals surface area contributed by atoms with Crippen molar-refractivity contribution in [3.8, 4) is 0 Å². The molecule has 0 radical (unpaired) electrons. The smallest absolute Gasteiger partial charge is 0.0875 e. The van der Waals surface area contributed by atoms with Crippen LogP contribution >= 0.6 is 22.9 Å². The molecule has 0 aliphatic heterocycles. The minimum atomic E-state index is 0.0277. The molecule has 0 fully saturated rings. The zero-order chi connectivity index (χ0) is 12.3. The summed E-state index contributed by atoms with van der Waals surface area (Å²) in [6.07, 6.45) is 5.15. The average Bonchev–Trinajstić information content (AvgIpc) is 2.69. The first-order valence-corrected chi connectivity index (χ1v) is 6.72. The lowest BCUT2D eigenvalue weighted by Crippen LogP contribution is -2.22. The van der Waals surface area contributed by atoms with E-state index in [0.29, 0.717) is 0 Å². The van der Waals surface area contributed by atoms with Gasteiger partial charge in [-0.2, -0.15) is 0 Å². The molecule has 0 bridgehead atoms. The fourth-order valence-electron chi connectivity index (χ4n) is 1.64. The number of hydrogen-bond acceptors (Lipinski definition) is 4. The maximum Gasteiger partial charge on any atom is 0.0875 e. The molecule has 2 heterocycles. The first kappa shape index (κ1) is 12.5. The van der Waals surface area contributed by atoms with Gasteiger partial charge in [-0.05, 0) is 24.4 Å². The van der Waals surface area contributed by atoms with Crippen LogP contribution in [0.1, 0.15) is 29.1 Å². The van der Waals surface area contributed by atoms with E-state index in [1.54, 1.807) is 29.9 Å². The van der Waals surface area contributed by atoms with Crippen molar-refractivity contribution in [3.63, 3.8) is 0 Å². The zero-order valence-corrected chi connectivity index (χ0v) is 11.3. The van der Waals surface area contributed by atoms with Crippen LogP contribution < -0.4 is 5.32 Å². The van der Waals surface area contributed by atoms with E-state index in [9.17, 15) is 0 Å². The summed E-state index contributed by atoms with van der Waals surface area (Å²) in [5.41, 5.74) is 2.01. The van der Waals surface area contributed by atoms with Crippen LogP contribution in [0.2, 0.25) is 5.02 Å².